The van der Waals surface area contributed by atoms with Gasteiger partial charge in [-0.05, 0) is 38.0 Å². The molecule has 1 aliphatic rings. The highest BCUT2D eigenvalue weighted by Gasteiger charge is 2.17. The summed E-state index contributed by atoms with van der Waals surface area (Å²) in [4.78, 5) is 5.65. The molecule has 21 heavy (non-hydrogen) atoms. The Morgan fingerprint density at radius 2 is 2.24 bits per heavy atom. The minimum absolute atomic E-state index is 0.297. The van der Waals surface area contributed by atoms with Gasteiger partial charge in [-0.15, -0.1) is 11.3 Å². The Morgan fingerprint density at radius 3 is 2.95 bits per heavy atom. The van der Waals surface area contributed by atoms with Crippen molar-refractivity contribution in [3.8, 4) is 0 Å². The summed E-state index contributed by atoms with van der Waals surface area (Å²) in [6, 6.07) is 5.43. The first-order valence-electron chi connectivity index (χ1n) is 6.90. The number of rotatable bonds is 3. The number of benzene rings is 1. The van der Waals surface area contributed by atoms with Crippen LogP contribution in [0.2, 0.25) is 10.0 Å². The first kappa shape index (κ1) is 15.1. The van der Waals surface area contributed by atoms with Crippen molar-refractivity contribution in [3.05, 3.63) is 44.1 Å². The van der Waals surface area contributed by atoms with Gasteiger partial charge in [-0.2, -0.15) is 0 Å². The molecule has 1 unspecified atom stereocenters. The maximum absolute atomic E-state index is 6.05. The number of hydrogen-bond acceptors (Lipinski definition) is 3. The van der Waals surface area contributed by atoms with Crippen LogP contribution in [-0.2, 0) is 11.3 Å². The first-order chi connectivity index (χ1) is 10.1. The quantitative estimate of drug-likeness (QED) is 0.801. The summed E-state index contributed by atoms with van der Waals surface area (Å²) < 4.78 is 7.94. The second-order valence-corrected chi connectivity index (χ2v) is 6.77. The van der Waals surface area contributed by atoms with E-state index in [1.807, 2.05) is 6.07 Å². The van der Waals surface area contributed by atoms with Crippen LogP contribution in [0.3, 0.4) is 0 Å². The van der Waals surface area contributed by atoms with Crippen molar-refractivity contribution in [2.24, 2.45) is 4.99 Å². The fourth-order valence-electron chi connectivity index (χ4n) is 2.38. The van der Waals surface area contributed by atoms with E-state index in [1.165, 1.54) is 5.69 Å². The van der Waals surface area contributed by atoms with E-state index >= 15 is 0 Å². The Hall–Kier alpha value is -0.810. The van der Waals surface area contributed by atoms with Gasteiger partial charge in [0.25, 0.3) is 0 Å². The molecule has 1 saturated heterocycles. The molecule has 2 heterocycles. The van der Waals surface area contributed by atoms with Gasteiger partial charge in [0.15, 0.2) is 4.80 Å². The summed E-state index contributed by atoms with van der Waals surface area (Å²) in [6.45, 7) is 3.82. The smallest absolute Gasteiger partial charge is 0.190 e. The number of aryl methyl sites for hydroxylation is 1. The van der Waals surface area contributed by atoms with Crippen LogP contribution >= 0.6 is 34.5 Å². The van der Waals surface area contributed by atoms with Gasteiger partial charge in [-0.3, -0.25) is 0 Å². The van der Waals surface area contributed by atoms with Crippen molar-refractivity contribution >= 4 is 40.2 Å². The molecule has 1 atom stereocenters. The fourth-order valence-corrected chi connectivity index (χ4v) is 3.58. The van der Waals surface area contributed by atoms with E-state index < -0.39 is 0 Å². The van der Waals surface area contributed by atoms with E-state index in [9.17, 15) is 0 Å². The predicted molar refractivity (Wildman–Crippen MR) is 87.7 cm³/mol. The molecule has 0 radical (unpaired) electrons. The predicted octanol–water partition coefficient (Wildman–Crippen LogP) is 4.58. The normalized spacial score (nSPS) is 19.4. The molecule has 1 aliphatic heterocycles. The zero-order valence-corrected chi connectivity index (χ0v) is 14.0. The molecular formula is C15H16Cl2N2OS. The lowest BCUT2D eigenvalue weighted by molar-refractivity contribution is 0.0959. The van der Waals surface area contributed by atoms with Crippen LogP contribution in [-0.4, -0.2) is 17.3 Å². The molecule has 6 heteroatoms. The molecule has 0 saturated carbocycles. The summed E-state index contributed by atoms with van der Waals surface area (Å²) >= 11 is 13.6. The van der Waals surface area contributed by atoms with Crippen LogP contribution in [0.15, 0.2) is 28.6 Å². The average molecular weight is 343 g/mol. The van der Waals surface area contributed by atoms with E-state index in [-0.39, 0.29) is 0 Å². The molecule has 2 aromatic rings. The van der Waals surface area contributed by atoms with E-state index in [0.29, 0.717) is 16.1 Å². The minimum atomic E-state index is 0.297. The second-order valence-electron chi connectivity index (χ2n) is 5.12. The molecule has 1 aromatic carbocycles. The Kier molecular flexibility index (Phi) is 4.69. The molecule has 0 spiro atoms. The van der Waals surface area contributed by atoms with Gasteiger partial charge in [0.1, 0.15) is 0 Å². The second kappa shape index (κ2) is 6.53. The van der Waals surface area contributed by atoms with Crippen LogP contribution in [0, 0.1) is 6.92 Å². The fraction of sp³-hybridized carbons (Fsp3) is 0.400. The van der Waals surface area contributed by atoms with Gasteiger partial charge in [0.05, 0.1) is 28.4 Å². The molecule has 0 N–H and O–H groups in total. The third-order valence-electron chi connectivity index (χ3n) is 3.53. The Balaban J connectivity index is 1.93. The monoisotopic (exact) mass is 342 g/mol. The molecule has 1 aromatic heterocycles. The first-order valence-corrected chi connectivity index (χ1v) is 8.53. The van der Waals surface area contributed by atoms with Gasteiger partial charge in [-0.1, -0.05) is 23.2 Å². The number of thiazole rings is 1. The summed E-state index contributed by atoms with van der Waals surface area (Å²) in [5.41, 5.74) is 2.02. The van der Waals surface area contributed by atoms with Crippen LogP contribution < -0.4 is 4.80 Å². The van der Waals surface area contributed by atoms with E-state index in [4.69, 9.17) is 27.9 Å². The van der Waals surface area contributed by atoms with E-state index in [0.717, 1.165) is 36.5 Å². The SMILES string of the molecule is Cc1csc(=Nc2ccc(Cl)c(Cl)c2)n1CC1CCCO1. The standard InChI is InChI=1S/C15H16Cl2N2OS/c1-10-9-21-15(19(10)8-12-3-2-6-20-12)18-11-4-5-13(16)14(17)7-11/h4-5,7,9,12H,2-3,6,8H2,1H3. The molecular weight excluding hydrogens is 327 g/mol. The van der Waals surface area contributed by atoms with Gasteiger partial charge < -0.3 is 9.30 Å². The van der Waals surface area contributed by atoms with Crippen LogP contribution in [0.5, 0.6) is 0 Å². The van der Waals surface area contributed by atoms with Crippen molar-refractivity contribution in [3.63, 3.8) is 0 Å². The third-order valence-corrected chi connectivity index (χ3v) is 5.25. The average Bonchev–Trinajstić information content (AvgIpc) is 3.08. The van der Waals surface area contributed by atoms with Gasteiger partial charge in [0, 0.05) is 17.7 Å². The third kappa shape index (κ3) is 3.51. The number of hydrogen-bond donors (Lipinski definition) is 0. The van der Waals surface area contributed by atoms with Crippen LogP contribution in [0.25, 0.3) is 0 Å². The lowest BCUT2D eigenvalue weighted by Crippen LogP contribution is -2.24. The van der Waals surface area contributed by atoms with E-state index in [1.54, 1.807) is 23.5 Å². The van der Waals surface area contributed by atoms with Crippen molar-refractivity contribution in [1.29, 1.82) is 0 Å². The van der Waals surface area contributed by atoms with Crippen LogP contribution in [0.1, 0.15) is 18.5 Å². The lowest BCUT2D eigenvalue weighted by atomic mass is 10.2. The molecule has 3 rings (SSSR count). The molecule has 1 fully saturated rings. The van der Waals surface area contributed by atoms with Crippen LogP contribution in [0.4, 0.5) is 5.69 Å². The van der Waals surface area contributed by atoms with Crippen molar-refractivity contribution < 1.29 is 4.74 Å². The maximum atomic E-state index is 6.05. The summed E-state index contributed by atoms with van der Waals surface area (Å²) in [5, 5.41) is 3.19. The van der Waals surface area contributed by atoms with Crippen molar-refractivity contribution in [1.82, 2.24) is 4.57 Å². The topological polar surface area (TPSA) is 26.5 Å². The van der Waals surface area contributed by atoms with Crippen molar-refractivity contribution in [2.45, 2.75) is 32.4 Å². The number of halogens is 2. The van der Waals surface area contributed by atoms with Gasteiger partial charge >= 0.3 is 0 Å². The molecule has 3 nitrogen and oxygen atoms in total. The highest BCUT2D eigenvalue weighted by atomic mass is 35.5. The van der Waals surface area contributed by atoms with Crippen molar-refractivity contribution in [2.75, 3.05) is 6.61 Å². The molecule has 0 aliphatic carbocycles. The minimum Gasteiger partial charge on any atom is -0.376 e. The zero-order chi connectivity index (χ0) is 14.8. The summed E-state index contributed by atoms with van der Waals surface area (Å²) in [7, 11) is 0. The summed E-state index contributed by atoms with van der Waals surface area (Å²) in [6.07, 6.45) is 2.56. The molecule has 0 amide bonds. The maximum Gasteiger partial charge on any atom is 0.190 e. The highest BCUT2D eigenvalue weighted by Crippen LogP contribution is 2.26. The largest absolute Gasteiger partial charge is 0.376 e. The van der Waals surface area contributed by atoms with Gasteiger partial charge in [-0.25, -0.2) is 4.99 Å². The lowest BCUT2D eigenvalue weighted by Gasteiger charge is -2.12. The van der Waals surface area contributed by atoms with Gasteiger partial charge in [0.2, 0.25) is 0 Å². The number of nitrogens with zero attached hydrogens (tertiary/aromatic N) is 2. The Morgan fingerprint density at radius 1 is 1.38 bits per heavy atom. The zero-order valence-electron chi connectivity index (χ0n) is 11.7. The Labute approximate surface area is 137 Å². The Bertz CT molecular complexity index is 702. The molecule has 0 bridgehead atoms. The van der Waals surface area contributed by atoms with E-state index in [2.05, 4.69) is 21.9 Å². The summed E-state index contributed by atoms with van der Waals surface area (Å²) in [5.74, 6) is 0. The number of aromatic nitrogens is 1. The molecule has 112 valence electrons. The highest BCUT2D eigenvalue weighted by molar-refractivity contribution is 7.07. The number of ether oxygens (including phenoxy) is 1.